The maximum atomic E-state index is 13.4. The fourth-order valence-electron chi connectivity index (χ4n) is 6.89. The smallest absolute Gasteiger partial charge is 0.295 e. The van der Waals surface area contributed by atoms with Crippen molar-refractivity contribution in [3.63, 3.8) is 0 Å². The lowest BCUT2D eigenvalue weighted by Crippen LogP contribution is -2.44. The molecule has 3 aliphatic rings. The number of Topliss-reactive ketones (excluding diaryl/α,β-unsaturated/α-hetero) is 1. The first kappa shape index (κ1) is 30.0. The van der Waals surface area contributed by atoms with Gasteiger partial charge in [0.2, 0.25) is 5.91 Å². The highest BCUT2D eigenvalue weighted by Gasteiger charge is 2.37. The maximum absolute atomic E-state index is 13.4. The molecule has 0 saturated carbocycles. The Bertz CT molecular complexity index is 1500. The summed E-state index contributed by atoms with van der Waals surface area (Å²) in [5, 5.41) is 2.55. The molecule has 0 radical (unpaired) electrons. The van der Waals surface area contributed by atoms with Crippen LogP contribution in [0.1, 0.15) is 70.1 Å². The normalized spacial score (nSPS) is 19.6. The third-order valence-corrected chi connectivity index (χ3v) is 11.3. The number of nitrogens with zero attached hydrogens (tertiary/aromatic N) is 3. The Kier molecular flexibility index (Phi) is 9.20. The Morgan fingerprint density at radius 2 is 1.67 bits per heavy atom. The number of carbonyl (C=O) groups is 3. The van der Waals surface area contributed by atoms with E-state index in [9.17, 15) is 14.4 Å². The van der Waals surface area contributed by atoms with E-state index in [4.69, 9.17) is 16.6 Å². The number of benzene rings is 1. The summed E-state index contributed by atoms with van der Waals surface area (Å²) < 4.78 is 2.03. The van der Waals surface area contributed by atoms with E-state index in [-0.39, 0.29) is 17.7 Å². The number of ketones is 1. The standard InChI is InChI=1S/C32H32Br2ClN3O3S/c33-23-15-22-4-3-21-16-24(35)17-25(34)28(21)29(30(22)36-18-23)20-7-11-37(12-8-20)27(39)14-19-5-9-38(10-6-19)32(41)31(40)26-2-1-13-42-26/h1-2,13,15-20,29H,3-12,14H2/t29-/m1/s1. The number of hydrogen-bond acceptors (Lipinski definition) is 5. The molecule has 1 atom stereocenters. The van der Waals surface area contributed by atoms with Crippen LogP contribution in [0.25, 0.3) is 0 Å². The number of aryl methyl sites for hydroxylation is 2. The Balaban J connectivity index is 1.08. The van der Waals surface area contributed by atoms with Crippen molar-refractivity contribution >= 4 is 72.4 Å². The summed E-state index contributed by atoms with van der Waals surface area (Å²) in [5.41, 5.74) is 4.98. The van der Waals surface area contributed by atoms with Gasteiger partial charge in [-0.1, -0.05) is 33.6 Å². The fraction of sp³-hybridized carbons (Fsp3) is 0.438. The van der Waals surface area contributed by atoms with Gasteiger partial charge in [0.25, 0.3) is 11.7 Å². The quantitative estimate of drug-likeness (QED) is 0.204. The molecule has 0 N–H and O–H groups in total. The van der Waals surface area contributed by atoms with Gasteiger partial charge in [-0.25, -0.2) is 0 Å². The maximum Gasteiger partial charge on any atom is 0.295 e. The minimum Gasteiger partial charge on any atom is -0.343 e. The topological polar surface area (TPSA) is 70.6 Å². The number of likely N-dealkylation sites (tertiary alicyclic amines) is 2. The van der Waals surface area contributed by atoms with Crippen LogP contribution >= 0.6 is 54.8 Å². The zero-order valence-corrected chi connectivity index (χ0v) is 27.9. The van der Waals surface area contributed by atoms with Crippen LogP contribution in [0.5, 0.6) is 0 Å². The average molecular weight is 734 g/mol. The minimum absolute atomic E-state index is 0.147. The molecule has 2 aliphatic heterocycles. The van der Waals surface area contributed by atoms with Crippen molar-refractivity contribution in [3.8, 4) is 0 Å². The molecule has 3 aromatic rings. The van der Waals surface area contributed by atoms with E-state index in [1.54, 1.807) is 22.4 Å². The average Bonchev–Trinajstić information content (AvgIpc) is 3.48. The molecule has 2 amide bonds. The number of amides is 2. The van der Waals surface area contributed by atoms with E-state index in [0.29, 0.717) is 30.3 Å². The van der Waals surface area contributed by atoms with Crippen LogP contribution in [0.2, 0.25) is 5.02 Å². The van der Waals surface area contributed by atoms with Gasteiger partial charge in [-0.05, 0) is 113 Å². The third kappa shape index (κ3) is 6.26. The molecule has 6 rings (SSSR count). The van der Waals surface area contributed by atoms with Crippen LogP contribution in [0.4, 0.5) is 0 Å². The van der Waals surface area contributed by atoms with Gasteiger partial charge in [0.05, 0.1) is 10.6 Å². The summed E-state index contributed by atoms with van der Waals surface area (Å²) in [5.74, 6) is 0.0878. The van der Waals surface area contributed by atoms with Crippen LogP contribution in [-0.2, 0) is 22.4 Å². The lowest BCUT2D eigenvalue weighted by molar-refractivity contribution is -0.134. The molecule has 42 heavy (non-hydrogen) atoms. The second-order valence-electron chi connectivity index (χ2n) is 11.6. The van der Waals surface area contributed by atoms with E-state index in [1.165, 1.54) is 28.0 Å². The zero-order chi connectivity index (χ0) is 29.4. The lowest BCUT2D eigenvalue weighted by Gasteiger charge is -2.38. The van der Waals surface area contributed by atoms with Crippen LogP contribution in [0.3, 0.4) is 0 Å². The van der Waals surface area contributed by atoms with E-state index in [2.05, 4.69) is 44.0 Å². The van der Waals surface area contributed by atoms with Crippen molar-refractivity contribution in [3.05, 3.63) is 83.1 Å². The molecular formula is C32H32Br2ClN3O3S. The van der Waals surface area contributed by atoms with Crippen molar-refractivity contribution < 1.29 is 14.4 Å². The Labute approximate surface area is 272 Å². The van der Waals surface area contributed by atoms with Gasteiger partial charge >= 0.3 is 0 Å². The number of hydrogen-bond donors (Lipinski definition) is 0. The molecule has 0 unspecified atom stereocenters. The number of fused-ring (bicyclic) bond motifs is 2. The van der Waals surface area contributed by atoms with E-state index in [0.717, 1.165) is 71.3 Å². The fourth-order valence-corrected chi connectivity index (χ4v) is 9.04. The molecule has 1 aliphatic carbocycles. The van der Waals surface area contributed by atoms with Crippen molar-refractivity contribution in [1.29, 1.82) is 0 Å². The summed E-state index contributed by atoms with van der Waals surface area (Å²) in [6.45, 7) is 2.52. The largest absolute Gasteiger partial charge is 0.343 e. The van der Waals surface area contributed by atoms with Crippen molar-refractivity contribution in [1.82, 2.24) is 14.8 Å². The number of carbonyl (C=O) groups excluding carboxylic acids is 3. The Hall–Kier alpha value is -2.07. The number of piperidine rings is 2. The molecule has 1 aromatic carbocycles. The van der Waals surface area contributed by atoms with Crippen LogP contribution in [-0.4, -0.2) is 58.6 Å². The molecule has 4 heterocycles. The first-order valence-electron chi connectivity index (χ1n) is 14.6. The minimum atomic E-state index is -0.431. The van der Waals surface area contributed by atoms with E-state index < -0.39 is 11.7 Å². The van der Waals surface area contributed by atoms with Gasteiger partial charge in [0.1, 0.15) is 0 Å². The monoisotopic (exact) mass is 731 g/mol. The van der Waals surface area contributed by atoms with Gasteiger partial charge in [-0.15, -0.1) is 11.3 Å². The van der Waals surface area contributed by atoms with Crippen molar-refractivity contribution in [2.24, 2.45) is 11.8 Å². The van der Waals surface area contributed by atoms with Crippen molar-refractivity contribution in [2.75, 3.05) is 26.2 Å². The first-order valence-corrected chi connectivity index (χ1v) is 17.4. The van der Waals surface area contributed by atoms with Crippen molar-refractivity contribution in [2.45, 2.75) is 50.9 Å². The molecule has 0 spiro atoms. The summed E-state index contributed by atoms with van der Waals surface area (Å²) in [4.78, 5) is 47.6. The summed E-state index contributed by atoms with van der Waals surface area (Å²) in [7, 11) is 0. The molecule has 2 saturated heterocycles. The highest BCUT2D eigenvalue weighted by molar-refractivity contribution is 9.10. The van der Waals surface area contributed by atoms with Gasteiger partial charge in [0, 0.05) is 58.7 Å². The molecular weight excluding hydrogens is 702 g/mol. The van der Waals surface area contributed by atoms with Crippen LogP contribution in [0, 0.1) is 11.8 Å². The number of aromatic nitrogens is 1. The molecule has 10 heteroatoms. The van der Waals surface area contributed by atoms with Gasteiger partial charge < -0.3 is 9.80 Å². The van der Waals surface area contributed by atoms with Gasteiger partial charge in [-0.2, -0.15) is 0 Å². The molecule has 2 fully saturated rings. The van der Waals surface area contributed by atoms with Gasteiger partial charge in [0.15, 0.2) is 0 Å². The van der Waals surface area contributed by atoms with Gasteiger partial charge in [-0.3, -0.25) is 19.4 Å². The SMILES string of the molecule is O=C(C(=O)N1CCC(CC(=O)N2CCC([C@H]3c4ncc(Br)cc4CCc4cc(Cl)cc(Br)c43)CC2)CC1)c1cccs1. The molecule has 220 valence electrons. The molecule has 6 nitrogen and oxygen atoms in total. The highest BCUT2D eigenvalue weighted by Crippen LogP contribution is 2.46. The van der Waals surface area contributed by atoms with Crippen LogP contribution in [0.15, 0.2) is 50.9 Å². The second-order valence-corrected chi connectivity index (χ2v) is 14.8. The number of rotatable bonds is 5. The second kappa shape index (κ2) is 12.9. The van der Waals surface area contributed by atoms with E-state index >= 15 is 0 Å². The Morgan fingerprint density at radius 1 is 0.952 bits per heavy atom. The highest BCUT2D eigenvalue weighted by atomic mass is 79.9. The van der Waals surface area contributed by atoms with E-state index in [1.807, 2.05) is 17.2 Å². The number of thiophene rings is 1. The zero-order valence-electron chi connectivity index (χ0n) is 23.2. The number of pyridine rings is 1. The third-order valence-electron chi connectivity index (χ3n) is 9.09. The predicted molar refractivity (Wildman–Crippen MR) is 172 cm³/mol. The Morgan fingerprint density at radius 3 is 2.38 bits per heavy atom. The predicted octanol–water partition coefficient (Wildman–Crippen LogP) is 7.30. The molecule has 2 aromatic heterocycles. The summed E-state index contributed by atoms with van der Waals surface area (Å²) in [6, 6.07) is 9.77. The van der Waals surface area contributed by atoms with Crippen LogP contribution < -0.4 is 0 Å². The molecule has 0 bridgehead atoms. The summed E-state index contributed by atoms with van der Waals surface area (Å²) >= 11 is 15.2. The number of halogens is 3. The lowest BCUT2D eigenvalue weighted by atomic mass is 9.76. The first-order chi connectivity index (χ1) is 20.3. The summed E-state index contributed by atoms with van der Waals surface area (Å²) in [6.07, 6.45) is 7.57.